The van der Waals surface area contributed by atoms with Gasteiger partial charge in [0, 0.05) is 12.8 Å². The van der Waals surface area contributed by atoms with Crippen molar-refractivity contribution in [1.82, 2.24) is 5.32 Å². The Hall–Kier alpha value is -1.77. The van der Waals surface area contributed by atoms with E-state index in [2.05, 4.69) is 50.4 Å². The molecule has 0 rings (SSSR count). The quantitative estimate of drug-likeness (QED) is 0.0205. The van der Waals surface area contributed by atoms with E-state index >= 15 is 0 Å². The Morgan fingerprint density at radius 3 is 1.23 bits per heavy atom. The summed E-state index contributed by atoms with van der Waals surface area (Å²) in [6, 6.07) is -0.849. The monoisotopic (exact) mass is 1080 g/mol. The predicted molar refractivity (Wildman–Crippen MR) is 323 cm³/mol. The number of hydrogen-bond acceptors (Lipinski definition) is 6. The zero-order chi connectivity index (χ0) is 55.0. The number of allylic oxidation sites excluding steroid dienone is 5. The van der Waals surface area contributed by atoms with Crippen LogP contribution >= 0.6 is 7.82 Å². The lowest BCUT2D eigenvalue weighted by Gasteiger charge is -2.27. The first-order valence-corrected chi connectivity index (χ1v) is 33.8. The van der Waals surface area contributed by atoms with Gasteiger partial charge in [0.15, 0.2) is 0 Å². The standard InChI is InChI=1S/C65H125N2O7P/c1-7-10-13-16-19-22-25-28-30-32-33-35-37-40-43-46-49-52-55-58-65(69)74-63(56-53-50-47-44-41-38-27-24-21-18-15-12-9-3)62(61-73-75(70,71)72-60-59-67(4,5)6)66-64(68)57-54-51-48-45-42-39-36-34-31-29-26-23-20-17-14-11-8-2/h20,23,29,31,53,56,62-63H,7-19,21-22,24-28,30,32-52,54-55,57-61H2,1-6H3,(H-,66,68,70,71)/p+1/b23-20-,31-29-,56-53+. The molecule has 75 heavy (non-hydrogen) atoms. The van der Waals surface area contributed by atoms with Gasteiger partial charge in [0.1, 0.15) is 19.3 Å². The minimum absolute atomic E-state index is 0.0409. The number of likely N-dealkylation sites (N-methyl/N-ethyl adjacent to an activating group) is 1. The van der Waals surface area contributed by atoms with E-state index in [4.69, 9.17) is 13.8 Å². The fourth-order valence-corrected chi connectivity index (χ4v) is 10.3. The second-order valence-electron chi connectivity index (χ2n) is 23.3. The van der Waals surface area contributed by atoms with Crippen LogP contribution in [0, 0.1) is 0 Å². The Balaban J connectivity index is 5.23. The third-order valence-corrected chi connectivity index (χ3v) is 15.6. The fourth-order valence-electron chi connectivity index (χ4n) is 9.56. The van der Waals surface area contributed by atoms with Gasteiger partial charge >= 0.3 is 13.8 Å². The summed E-state index contributed by atoms with van der Waals surface area (Å²) in [5.74, 6) is -0.498. The molecule has 3 atom stereocenters. The number of unbranched alkanes of at least 4 members (excludes halogenated alkanes) is 39. The van der Waals surface area contributed by atoms with Crippen molar-refractivity contribution < 1.29 is 37.3 Å². The lowest BCUT2D eigenvalue weighted by molar-refractivity contribution is -0.870. The maximum atomic E-state index is 13.6. The maximum absolute atomic E-state index is 13.6. The molecular weight excluding hydrogens is 952 g/mol. The normalized spacial score (nSPS) is 13.9. The number of carbonyl (C=O) groups is 2. The topological polar surface area (TPSA) is 111 Å². The lowest BCUT2D eigenvalue weighted by atomic mass is 10.0. The second kappa shape index (κ2) is 55.5. The van der Waals surface area contributed by atoms with Crippen LogP contribution in [0.3, 0.4) is 0 Å². The molecule has 0 saturated carbocycles. The second-order valence-corrected chi connectivity index (χ2v) is 24.7. The van der Waals surface area contributed by atoms with Gasteiger partial charge in [-0.3, -0.25) is 18.6 Å². The first-order chi connectivity index (χ1) is 36.4. The third kappa shape index (κ3) is 56.8. The highest BCUT2D eigenvalue weighted by Crippen LogP contribution is 2.43. The van der Waals surface area contributed by atoms with Crippen molar-refractivity contribution in [2.75, 3.05) is 40.9 Å². The fraction of sp³-hybridized carbons (Fsp3) is 0.877. The molecule has 9 nitrogen and oxygen atoms in total. The van der Waals surface area contributed by atoms with E-state index in [1.165, 1.54) is 205 Å². The Kier molecular flexibility index (Phi) is 54.2. The van der Waals surface area contributed by atoms with Gasteiger partial charge in [0.25, 0.3) is 0 Å². The van der Waals surface area contributed by atoms with Gasteiger partial charge < -0.3 is 19.4 Å². The third-order valence-electron chi connectivity index (χ3n) is 14.6. The van der Waals surface area contributed by atoms with Crippen LogP contribution in [-0.2, 0) is 27.9 Å². The molecule has 2 N–H and O–H groups in total. The summed E-state index contributed by atoms with van der Waals surface area (Å²) in [4.78, 5) is 37.8. The van der Waals surface area contributed by atoms with Crippen LogP contribution in [0.2, 0.25) is 0 Å². The minimum atomic E-state index is -4.45. The number of hydrogen-bond donors (Lipinski definition) is 2. The molecule has 0 aliphatic carbocycles. The predicted octanol–water partition coefficient (Wildman–Crippen LogP) is 19.9. The van der Waals surface area contributed by atoms with Crippen molar-refractivity contribution in [3.05, 3.63) is 36.5 Å². The van der Waals surface area contributed by atoms with Gasteiger partial charge in [0.05, 0.1) is 33.8 Å². The van der Waals surface area contributed by atoms with Crippen LogP contribution in [0.5, 0.6) is 0 Å². The zero-order valence-corrected chi connectivity index (χ0v) is 51.5. The molecule has 0 aliphatic heterocycles. The maximum Gasteiger partial charge on any atom is 0.472 e. The highest BCUT2D eigenvalue weighted by Gasteiger charge is 2.30. The Bertz CT molecular complexity index is 1380. The molecule has 0 aromatic heterocycles. The molecule has 0 aliphatic rings. The van der Waals surface area contributed by atoms with E-state index in [-0.39, 0.29) is 25.1 Å². The highest BCUT2D eigenvalue weighted by molar-refractivity contribution is 7.47. The van der Waals surface area contributed by atoms with Crippen LogP contribution in [0.25, 0.3) is 0 Å². The smallest absolute Gasteiger partial charge is 0.456 e. The van der Waals surface area contributed by atoms with Gasteiger partial charge in [0.2, 0.25) is 5.91 Å². The van der Waals surface area contributed by atoms with Crippen LogP contribution < -0.4 is 5.32 Å². The lowest BCUT2D eigenvalue weighted by Crippen LogP contribution is -2.47. The van der Waals surface area contributed by atoms with Crippen molar-refractivity contribution in [2.24, 2.45) is 0 Å². The van der Waals surface area contributed by atoms with Crippen molar-refractivity contribution in [1.29, 1.82) is 0 Å². The van der Waals surface area contributed by atoms with Crippen LogP contribution in [-0.4, -0.2) is 74.3 Å². The van der Waals surface area contributed by atoms with Gasteiger partial charge in [-0.05, 0) is 63.9 Å². The summed E-state index contributed by atoms with van der Waals surface area (Å²) >= 11 is 0. The Labute approximate surface area is 466 Å². The molecule has 0 bridgehead atoms. The van der Waals surface area contributed by atoms with Crippen molar-refractivity contribution >= 4 is 19.7 Å². The number of rotatable bonds is 59. The van der Waals surface area contributed by atoms with Crippen LogP contribution in [0.1, 0.15) is 316 Å². The number of nitrogens with one attached hydrogen (secondary N) is 1. The SMILES string of the molecule is CCCCC/C=C\C/C=C\CCCCCCCCCC(=O)NC(COP(=O)(O)OCC[N+](C)(C)C)C(/C=C/CCCCCCCCCCCCC)OC(=O)CCCCCCCCCCCCCCCCCCCCC. The molecule has 0 fully saturated rings. The summed E-state index contributed by atoms with van der Waals surface area (Å²) in [6.45, 7) is 7.03. The van der Waals surface area contributed by atoms with E-state index < -0.39 is 20.0 Å². The van der Waals surface area contributed by atoms with Crippen LogP contribution in [0.4, 0.5) is 0 Å². The zero-order valence-electron chi connectivity index (χ0n) is 50.6. The number of quaternary nitrogens is 1. The number of amides is 1. The molecular formula is C65H126N2O7P+. The first-order valence-electron chi connectivity index (χ1n) is 32.3. The van der Waals surface area contributed by atoms with Gasteiger partial charge in [-0.15, -0.1) is 0 Å². The van der Waals surface area contributed by atoms with Crippen molar-refractivity contribution in [3.63, 3.8) is 0 Å². The van der Waals surface area contributed by atoms with Crippen molar-refractivity contribution in [3.8, 4) is 0 Å². The molecule has 1 amide bonds. The first kappa shape index (κ1) is 73.2. The summed E-state index contributed by atoms with van der Waals surface area (Å²) in [6.07, 6.45) is 67.1. The average molecular weight is 1080 g/mol. The molecule has 3 unspecified atom stereocenters. The van der Waals surface area contributed by atoms with Gasteiger partial charge in [-0.2, -0.15) is 0 Å². The van der Waals surface area contributed by atoms with Crippen molar-refractivity contribution in [2.45, 2.75) is 328 Å². The summed E-state index contributed by atoms with van der Waals surface area (Å²) in [5, 5.41) is 3.06. The number of nitrogens with zero attached hydrogens (tertiary/aromatic N) is 1. The van der Waals surface area contributed by atoms with E-state index in [1.807, 2.05) is 33.3 Å². The Morgan fingerprint density at radius 2 is 0.813 bits per heavy atom. The molecule has 0 aromatic carbocycles. The number of carbonyl (C=O) groups excluding carboxylic acids is 2. The van der Waals surface area contributed by atoms with Gasteiger partial charge in [-0.25, -0.2) is 4.57 Å². The molecule has 442 valence electrons. The highest BCUT2D eigenvalue weighted by atomic mass is 31.2. The van der Waals surface area contributed by atoms with E-state index in [9.17, 15) is 19.0 Å². The number of esters is 1. The average Bonchev–Trinajstić information content (AvgIpc) is 3.37. The van der Waals surface area contributed by atoms with Gasteiger partial charge in [-0.1, -0.05) is 276 Å². The Morgan fingerprint density at radius 1 is 0.467 bits per heavy atom. The number of phosphoric ester groups is 1. The van der Waals surface area contributed by atoms with E-state index in [0.717, 1.165) is 77.0 Å². The summed E-state index contributed by atoms with van der Waals surface area (Å²) < 4.78 is 30.7. The number of ether oxygens (including phenoxy) is 1. The molecule has 0 saturated heterocycles. The largest absolute Gasteiger partial charge is 0.472 e. The van der Waals surface area contributed by atoms with E-state index in [1.54, 1.807) is 0 Å². The molecule has 10 heteroatoms. The summed E-state index contributed by atoms with van der Waals surface area (Å²) in [5.41, 5.74) is 0. The van der Waals surface area contributed by atoms with Crippen LogP contribution in [0.15, 0.2) is 36.5 Å². The number of phosphoric acid groups is 1. The molecule has 0 spiro atoms. The van der Waals surface area contributed by atoms with E-state index in [0.29, 0.717) is 23.9 Å². The molecule has 0 radical (unpaired) electrons. The molecule has 0 heterocycles. The minimum Gasteiger partial charge on any atom is -0.456 e. The summed E-state index contributed by atoms with van der Waals surface area (Å²) in [7, 11) is 1.50. The molecule has 0 aromatic rings.